The fraction of sp³-hybridized carbons (Fsp3) is 0.611. The number of ether oxygens (including phenoxy) is 1. The third-order valence-corrected chi connectivity index (χ3v) is 4.29. The number of nitrogens with zero attached hydrogens (tertiary/aromatic N) is 1. The first-order valence-corrected chi connectivity index (χ1v) is 8.33. The molecule has 4 nitrogen and oxygen atoms in total. The highest BCUT2D eigenvalue weighted by molar-refractivity contribution is 5.79. The smallest absolute Gasteiger partial charge is 0.191 e. The molecule has 0 saturated heterocycles. The molecule has 0 aromatic heterocycles. The van der Waals surface area contributed by atoms with Crippen LogP contribution in [0.5, 0.6) is 5.75 Å². The molecule has 22 heavy (non-hydrogen) atoms. The van der Waals surface area contributed by atoms with Crippen LogP contribution in [-0.2, 0) is 6.42 Å². The van der Waals surface area contributed by atoms with Gasteiger partial charge in [-0.2, -0.15) is 0 Å². The first kappa shape index (κ1) is 16.7. The second kappa shape index (κ2) is 8.66. The molecule has 0 radical (unpaired) electrons. The van der Waals surface area contributed by atoms with Crippen LogP contribution in [-0.4, -0.2) is 32.7 Å². The van der Waals surface area contributed by atoms with Gasteiger partial charge in [-0.25, -0.2) is 0 Å². The highest BCUT2D eigenvalue weighted by atomic mass is 16.5. The molecule has 1 aromatic rings. The summed E-state index contributed by atoms with van der Waals surface area (Å²) in [5.74, 6) is 1.88. The number of benzene rings is 1. The van der Waals surface area contributed by atoms with Gasteiger partial charge in [0.25, 0.3) is 0 Å². The van der Waals surface area contributed by atoms with Gasteiger partial charge < -0.3 is 15.4 Å². The second-order valence-corrected chi connectivity index (χ2v) is 6.04. The lowest BCUT2D eigenvalue weighted by atomic mass is 9.96. The topological polar surface area (TPSA) is 45.7 Å². The summed E-state index contributed by atoms with van der Waals surface area (Å²) in [4.78, 5) is 4.34. The number of aliphatic imine (C=N–C) groups is 1. The van der Waals surface area contributed by atoms with Crippen molar-refractivity contribution in [3.8, 4) is 5.75 Å². The summed E-state index contributed by atoms with van der Waals surface area (Å²) in [6, 6.07) is 6.89. The van der Waals surface area contributed by atoms with Gasteiger partial charge >= 0.3 is 0 Å². The Kier molecular flexibility index (Phi) is 6.56. The monoisotopic (exact) mass is 303 g/mol. The lowest BCUT2D eigenvalue weighted by Crippen LogP contribution is -2.44. The van der Waals surface area contributed by atoms with Gasteiger partial charge in [-0.05, 0) is 37.8 Å². The van der Waals surface area contributed by atoms with Gasteiger partial charge in [-0.1, -0.05) is 37.0 Å². The summed E-state index contributed by atoms with van der Waals surface area (Å²) in [5, 5.41) is 6.96. The molecule has 122 valence electrons. The van der Waals surface area contributed by atoms with E-state index in [0.29, 0.717) is 6.04 Å². The van der Waals surface area contributed by atoms with Crippen molar-refractivity contribution in [2.45, 2.75) is 51.5 Å². The minimum atomic E-state index is 0.577. The lowest BCUT2D eigenvalue weighted by Gasteiger charge is -2.25. The van der Waals surface area contributed by atoms with E-state index in [9.17, 15) is 0 Å². The van der Waals surface area contributed by atoms with Crippen molar-refractivity contribution in [2.75, 3.05) is 20.7 Å². The van der Waals surface area contributed by atoms with Gasteiger partial charge in [0.1, 0.15) is 5.75 Å². The van der Waals surface area contributed by atoms with Crippen LogP contribution >= 0.6 is 0 Å². The normalized spacial score (nSPS) is 16.4. The minimum Gasteiger partial charge on any atom is -0.496 e. The van der Waals surface area contributed by atoms with Gasteiger partial charge in [-0.15, -0.1) is 0 Å². The highest BCUT2D eigenvalue weighted by Crippen LogP contribution is 2.20. The third-order valence-electron chi connectivity index (χ3n) is 4.29. The number of methoxy groups -OCH3 is 1. The molecule has 2 rings (SSSR count). The number of aryl methyl sites for hydroxylation is 1. The largest absolute Gasteiger partial charge is 0.496 e. The van der Waals surface area contributed by atoms with Gasteiger partial charge in [0, 0.05) is 19.6 Å². The summed E-state index contributed by atoms with van der Waals surface area (Å²) < 4.78 is 5.43. The zero-order chi connectivity index (χ0) is 15.8. The second-order valence-electron chi connectivity index (χ2n) is 6.04. The first-order chi connectivity index (χ1) is 10.7. The molecule has 1 fully saturated rings. The van der Waals surface area contributed by atoms with Crippen LogP contribution in [0.1, 0.15) is 43.2 Å². The van der Waals surface area contributed by atoms with Crippen LogP contribution in [0.4, 0.5) is 0 Å². The van der Waals surface area contributed by atoms with E-state index in [4.69, 9.17) is 4.74 Å². The summed E-state index contributed by atoms with van der Waals surface area (Å²) >= 11 is 0. The summed E-state index contributed by atoms with van der Waals surface area (Å²) in [6.07, 6.45) is 7.47. The Balaban J connectivity index is 1.82. The van der Waals surface area contributed by atoms with Crippen LogP contribution < -0.4 is 15.4 Å². The van der Waals surface area contributed by atoms with Crippen molar-refractivity contribution in [3.05, 3.63) is 29.3 Å². The Hall–Kier alpha value is -1.71. The van der Waals surface area contributed by atoms with E-state index < -0.39 is 0 Å². The zero-order valence-electron chi connectivity index (χ0n) is 14.1. The number of hydrogen-bond donors (Lipinski definition) is 2. The van der Waals surface area contributed by atoms with Crippen LogP contribution in [0.2, 0.25) is 0 Å². The zero-order valence-corrected chi connectivity index (χ0v) is 14.1. The van der Waals surface area contributed by atoms with E-state index in [-0.39, 0.29) is 0 Å². The lowest BCUT2D eigenvalue weighted by molar-refractivity contribution is 0.407. The van der Waals surface area contributed by atoms with Crippen LogP contribution in [0.25, 0.3) is 0 Å². The molecule has 1 saturated carbocycles. The maximum Gasteiger partial charge on any atom is 0.191 e. The Morgan fingerprint density at radius 1 is 1.27 bits per heavy atom. The molecule has 0 aliphatic heterocycles. The number of guanidine groups is 1. The Morgan fingerprint density at radius 2 is 2.05 bits per heavy atom. The fourth-order valence-corrected chi connectivity index (χ4v) is 3.05. The van der Waals surface area contributed by atoms with Crippen molar-refractivity contribution in [2.24, 2.45) is 4.99 Å². The maximum absolute atomic E-state index is 5.43. The SMILES string of the molecule is CN=C(NCCc1cc(C)ccc1OC)NC1CCCCC1. The van der Waals surface area contributed by atoms with Gasteiger partial charge in [0.15, 0.2) is 5.96 Å². The van der Waals surface area contributed by atoms with E-state index in [1.165, 1.54) is 43.2 Å². The molecule has 0 amide bonds. The Labute approximate surface area is 134 Å². The fourth-order valence-electron chi connectivity index (χ4n) is 3.05. The van der Waals surface area contributed by atoms with Gasteiger partial charge in [0.05, 0.1) is 7.11 Å². The molecule has 0 atom stereocenters. The molecule has 0 unspecified atom stereocenters. The molecule has 0 spiro atoms. The molecule has 0 heterocycles. The predicted molar refractivity (Wildman–Crippen MR) is 92.8 cm³/mol. The third kappa shape index (κ3) is 4.93. The van der Waals surface area contributed by atoms with E-state index in [2.05, 4.69) is 34.7 Å². The van der Waals surface area contributed by atoms with Crippen molar-refractivity contribution >= 4 is 5.96 Å². The van der Waals surface area contributed by atoms with Crippen molar-refractivity contribution in [3.63, 3.8) is 0 Å². The number of nitrogens with one attached hydrogen (secondary N) is 2. The summed E-state index contributed by atoms with van der Waals surface area (Å²) in [5.41, 5.74) is 2.50. The molecule has 2 N–H and O–H groups in total. The molecule has 1 aromatic carbocycles. The molecular weight excluding hydrogens is 274 g/mol. The van der Waals surface area contributed by atoms with Gasteiger partial charge in [0.2, 0.25) is 0 Å². The highest BCUT2D eigenvalue weighted by Gasteiger charge is 2.14. The van der Waals surface area contributed by atoms with Crippen LogP contribution in [0, 0.1) is 6.92 Å². The first-order valence-electron chi connectivity index (χ1n) is 8.33. The summed E-state index contributed by atoms with van der Waals surface area (Å²) in [7, 11) is 3.57. The predicted octanol–water partition coefficient (Wildman–Crippen LogP) is 3.04. The quantitative estimate of drug-likeness (QED) is 0.649. The average Bonchev–Trinajstić information content (AvgIpc) is 2.55. The standard InChI is InChI=1S/C18H29N3O/c1-14-9-10-17(22-3)15(13-14)11-12-20-18(19-2)21-16-7-5-4-6-8-16/h9-10,13,16H,4-8,11-12H2,1-3H3,(H2,19,20,21). The number of hydrogen-bond acceptors (Lipinski definition) is 2. The van der Waals surface area contributed by atoms with E-state index in [1.807, 2.05) is 13.1 Å². The maximum atomic E-state index is 5.43. The molecule has 1 aliphatic carbocycles. The average molecular weight is 303 g/mol. The van der Waals surface area contributed by atoms with Crippen molar-refractivity contribution in [1.29, 1.82) is 0 Å². The van der Waals surface area contributed by atoms with Crippen LogP contribution in [0.3, 0.4) is 0 Å². The minimum absolute atomic E-state index is 0.577. The van der Waals surface area contributed by atoms with Crippen molar-refractivity contribution in [1.82, 2.24) is 10.6 Å². The Bertz CT molecular complexity index is 493. The summed E-state index contributed by atoms with van der Waals surface area (Å²) in [6.45, 7) is 2.96. The molecule has 4 heteroatoms. The number of rotatable bonds is 5. The van der Waals surface area contributed by atoms with Crippen LogP contribution in [0.15, 0.2) is 23.2 Å². The van der Waals surface area contributed by atoms with E-state index >= 15 is 0 Å². The molecular formula is C18H29N3O. The molecule has 0 bridgehead atoms. The van der Waals surface area contributed by atoms with E-state index in [1.54, 1.807) is 7.11 Å². The van der Waals surface area contributed by atoms with E-state index in [0.717, 1.165) is 24.7 Å². The van der Waals surface area contributed by atoms with Gasteiger partial charge in [-0.3, -0.25) is 4.99 Å². The Morgan fingerprint density at radius 3 is 2.73 bits per heavy atom. The molecule has 1 aliphatic rings. The van der Waals surface area contributed by atoms with Crippen molar-refractivity contribution < 1.29 is 4.74 Å².